The van der Waals surface area contributed by atoms with Crippen molar-refractivity contribution in [3.8, 4) is 11.8 Å². The minimum absolute atomic E-state index is 0.0620. The molecule has 2 rings (SSSR count). The molecule has 1 aliphatic rings. The van der Waals surface area contributed by atoms with Crippen LogP contribution in [0.5, 0.6) is 0 Å². The maximum atomic E-state index is 12.4. The van der Waals surface area contributed by atoms with Gasteiger partial charge in [0.1, 0.15) is 0 Å². The van der Waals surface area contributed by atoms with Crippen molar-refractivity contribution in [2.24, 2.45) is 0 Å². The third-order valence-corrected chi connectivity index (χ3v) is 4.25. The minimum Gasteiger partial charge on any atom is -0.395 e. The van der Waals surface area contributed by atoms with Gasteiger partial charge in [0.25, 0.3) is 5.91 Å². The molecule has 5 heteroatoms. The van der Waals surface area contributed by atoms with E-state index in [9.17, 15) is 4.79 Å². The predicted octanol–water partition coefficient (Wildman–Crippen LogP) is 1.73. The van der Waals surface area contributed by atoms with Crippen molar-refractivity contribution in [1.29, 1.82) is 0 Å². The van der Waals surface area contributed by atoms with Gasteiger partial charge in [-0.3, -0.25) is 4.79 Å². The number of aliphatic hydroxyl groups excluding tert-OH is 1. The maximum absolute atomic E-state index is 12.4. The summed E-state index contributed by atoms with van der Waals surface area (Å²) in [6.07, 6.45) is 2.61. The number of nitrogens with zero attached hydrogens (tertiary/aromatic N) is 1. The van der Waals surface area contributed by atoms with Crippen molar-refractivity contribution in [2.45, 2.75) is 25.4 Å². The molecule has 1 saturated heterocycles. The highest BCUT2D eigenvalue weighted by Crippen LogP contribution is 2.20. The number of methoxy groups -OCH3 is 1. The van der Waals surface area contributed by atoms with Gasteiger partial charge in [-0.15, -0.1) is 11.3 Å². The van der Waals surface area contributed by atoms with Gasteiger partial charge >= 0.3 is 0 Å². The van der Waals surface area contributed by atoms with E-state index in [2.05, 4.69) is 11.8 Å². The fourth-order valence-electron chi connectivity index (χ4n) is 2.20. The topological polar surface area (TPSA) is 49.8 Å². The Morgan fingerprint density at radius 2 is 2.45 bits per heavy atom. The van der Waals surface area contributed by atoms with Gasteiger partial charge in [0.15, 0.2) is 0 Å². The average molecular weight is 293 g/mol. The summed E-state index contributed by atoms with van der Waals surface area (Å²) in [6.45, 7) is 1.53. The van der Waals surface area contributed by atoms with Crippen LogP contribution in [0.1, 0.15) is 33.8 Å². The van der Waals surface area contributed by atoms with Gasteiger partial charge in [-0.25, -0.2) is 0 Å². The zero-order chi connectivity index (χ0) is 14.4. The number of rotatable bonds is 3. The molecule has 0 bridgehead atoms. The highest BCUT2D eigenvalue weighted by Gasteiger charge is 2.24. The summed E-state index contributed by atoms with van der Waals surface area (Å²) in [4.78, 5) is 15.8. The van der Waals surface area contributed by atoms with Crippen LogP contribution in [0.4, 0.5) is 0 Å². The number of ether oxygens (including phenoxy) is 1. The molecule has 0 saturated carbocycles. The highest BCUT2D eigenvalue weighted by atomic mass is 32.1. The number of piperidine rings is 1. The van der Waals surface area contributed by atoms with E-state index in [1.807, 2.05) is 17.0 Å². The summed E-state index contributed by atoms with van der Waals surface area (Å²) in [7, 11) is 1.69. The monoisotopic (exact) mass is 293 g/mol. The second kappa shape index (κ2) is 7.44. The first-order valence-corrected chi connectivity index (χ1v) is 7.58. The van der Waals surface area contributed by atoms with Crippen LogP contribution in [0.15, 0.2) is 12.1 Å². The number of aliphatic hydroxyl groups is 1. The first kappa shape index (κ1) is 15.0. The van der Waals surface area contributed by atoms with E-state index in [1.165, 1.54) is 11.3 Å². The Kier molecular flexibility index (Phi) is 5.60. The van der Waals surface area contributed by atoms with Crippen molar-refractivity contribution in [1.82, 2.24) is 4.90 Å². The molecular formula is C15H19NO3S. The molecule has 1 aromatic rings. The van der Waals surface area contributed by atoms with Crippen LogP contribution >= 0.6 is 11.3 Å². The first-order valence-electron chi connectivity index (χ1n) is 6.76. The van der Waals surface area contributed by atoms with Crippen LogP contribution in [0.2, 0.25) is 0 Å². The lowest BCUT2D eigenvalue weighted by molar-refractivity contribution is 0.0271. The molecule has 2 heterocycles. The molecule has 0 radical (unpaired) electrons. The number of likely N-dealkylation sites (tertiary alicyclic amines) is 1. The summed E-state index contributed by atoms with van der Waals surface area (Å²) < 4.78 is 5.34. The molecule has 1 aliphatic heterocycles. The lowest BCUT2D eigenvalue weighted by Gasteiger charge is -2.31. The molecular weight excluding hydrogens is 274 g/mol. The SMILES string of the molecule is COC1CCCN(C(=O)c2ccc(C#CCCO)s2)C1. The fourth-order valence-corrected chi connectivity index (χ4v) is 3.05. The smallest absolute Gasteiger partial charge is 0.264 e. The Hall–Kier alpha value is -1.35. The van der Waals surface area contributed by atoms with Crippen LogP contribution in [0, 0.1) is 11.8 Å². The lowest BCUT2D eigenvalue weighted by atomic mass is 10.1. The van der Waals surface area contributed by atoms with E-state index in [1.54, 1.807) is 7.11 Å². The van der Waals surface area contributed by atoms with E-state index in [0.717, 1.165) is 29.1 Å². The molecule has 1 amide bonds. The molecule has 1 aromatic heterocycles. The third-order valence-electron chi connectivity index (χ3n) is 3.26. The maximum Gasteiger partial charge on any atom is 0.264 e. The minimum atomic E-state index is 0.0620. The van der Waals surface area contributed by atoms with Crippen molar-refractivity contribution in [2.75, 3.05) is 26.8 Å². The van der Waals surface area contributed by atoms with Gasteiger partial charge in [0.2, 0.25) is 0 Å². The Morgan fingerprint density at radius 1 is 1.60 bits per heavy atom. The number of carbonyl (C=O) groups excluding carboxylic acids is 1. The number of carbonyl (C=O) groups is 1. The molecule has 1 fully saturated rings. The van der Waals surface area contributed by atoms with Gasteiger partial charge in [0, 0.05) is 26.6 Å². The van der Waals surface area contributed by atoms with Crippen molar-refractivity contribution >= 4 is 17.2 Å². The molecule has 0 spiro atoms. The molecule has 1 N–H and O–H groups in total. The lowest BCUT2D eigenvalue weighted by Crippen LogP contribution is -2.42. The van der Waals surface area contributed by atoms with E-state index in [4.69, 9.17) is 9.84 Å². The summed E-state index contributed by atoms with van der Waals surface area (Å²) in [5, 5.41) is 8.68. The second-order valence-electron chi connectivity index (χ2n) is 4.69. The Morgan fingerprint density at radius 3 is 3.20 bits per heavy atom. The van der Waals surface area contributed by atoms with Gasteiger partial charge in [-0.2, -0.15) is 0 Å². The summed E-state index contributed by atoms with van der Waals surface area (Å²) in [5.41, 5.74) is 0. The van der Waals surface area contributed by atoms with Crippen molar-refractivity contribution in [3.63, 3.8) is 0 Å². The predicted molar refractivity (Wildman–Crippen MR) is 78.8 cm³/mol. The fraction of sp³-hybridized carbons (Fsp3) is 0.533. The Bertz CT molecular complexity index is 515. The Labute approximate surface area is 123 Å². The summed E-state index contributed by atoms with van der Waals surface area (Å²) in [5.74, 6) is 5.88. The molecule has 108 valence electrons. The Balaban J connectivity index is 2.01. The van der Waals surface area contributed by atoms with Gasteiger partial charge in [-0.05, 0) is 25.0 Å². The molecule has 0 aliphatic carbocycles. The normalized spacial score (nSPS) is 18.5. The highest BCUT2D eigenvalue weighted by molar-refractivity contribution is 7.14. The third kappa shape index (κ3) is 3.83. The number of hydrogen-bond acceptors (Lipinski definition) is 4. The zero-order valence-corrected chi connectivity index (χ0v) is 12.4. The molecule has 0 aromatic carbocycles. The van der Waals surface area contributed by atoms with Crippen LogP contribution in [0.25, 0.3) is 0 Å². The quantitative estimate of drug-likeness (QED) is 0.864. The van der Waals surface area contributed by atoms with E-state index in [-0.39, 0.29) is 18.6 Å². The van der Waals surface area contributed by atoms with Gasteiger partial charge < -0.3 is 14.7 Å². The number of thiophene rings is 1. The summed E-state index contributed by atoms with van der Waals surface area (Å²) in [6, 6.07) is 3.69. The van der Waals surface area contributed by atoms with Crippen LogP contribution < -0.4 is 0 Å². The van der Waals surface area contributed by atoms with Gasteiger partial charge in [0.05, 0.1) is 22.5 Å². The average Bonchev–Trinajstić information content (AvgIpc) is 2.95. The standard InChI is InChI=1S/C15H19NO3S/c1-19-12-5-4-9-16(11-12)15(18)14-8-7-13(20-14)6-2-3-10-17/h7-8,12,17H,3-5,9-11H2,1H3. The van der Waals surface area contributed by atoms with Crippen LogP contribution in [-0.4, -0.2) is 48.8 Å². The summed E-state index contributed by atoms with van der Waals surface area (Å²) >= 11 is 1.41. The van der Waals surface area contributed by atoms with E-state index in [0.29, 0.717) is 13.0 Å². The number of amides is 1. The molecule has 4 nitrogen and oxygen atoms in total. The first-order chi connectivity index (χ1) is 9.74. The van der Waals surface area contributed by atoms with Crippen LogP contribution in [0.3, 0.4) is 0 Å². The van der Waals surface area contributed by atoms with Crippen molar-refractivity contribution < 1.29 is 14.6 Å². The van der Waals surface area contributed by atoms with Crippen molar-refractivity contribution in [3.05, 3.63) is 21.9 Å². The number of hydrogen-bond donors (Lipinski definition) is 1. The molecule has 1 unspecified atom stereocenters. The van der Waals surface area contributed by atoms with Crippen LogP contribution in [-0.2, 0) is 4.74 Å². The second-order valence-corrected chi connectivity index (χ2v) is 5.77. The van der Waals surface area contributed by atoms with E-state index >= 15 is 0 Å². The van der Waals surface area contributed by atoms with Gasteiger partial charge in [-0.1, -0.05) is 11.8 Å². The van der Waals surface area contributed by atoms with E-state index < -0.39 is 0 Å². The largest absolute Gasteiger partial charge is 0.395 e. The zero-order valence-electron chi connectivity index (χ0n) is 11.6. The molecule has 20 heavy (non-hydrogen) atoms. The molecule has 1 atom stereocenters.